The number of nitrogens with zero attached hydrogens (tertiary/aromatic N) is 1. The molecular weight excluding hydrogens is 405 g/mol. The number of fused-ring (bicyclic) bond motifs is 4. The predicted molar refractivity (Wildman–Crippen MR) is 123 cm³/mol. The van der Waals surface area contributed by atoms with Crippen LogP contribution in [0.25, 0.3) is 21.7 Å². The van der Waals surface area contributed by atoms with Gasteiger partial charge in [0.2, 0.25) is 0 Å². The van der Waals surface area contributed by atoms with Gasteiger partial charge in [0, 0.05) is 29.1 Å². The number of rotatable bonds is 5. The van der Waals surface area contributed by atoms with Crippen LogP contribution >= 0.6 is 0 Å². The van der Waals surface area contributed by atoms with Crippen LogP contribution in [0.1, 0.15) is 65.7 Å². The Morgan fingerprint density at radius 2 is 1.84 bits per heavy atom. The van der Waals surface area contributed by atoms with E-state index in [2.05, 4.69) is 0 Å². The molecule has 2 heterocycles. The first kappa shape index (κ1) is 20.4. The molecule has 4 aromatic rings. The molecule has 1 aromatic heterocycles. The second-order valence-electron chi connectivity index (χ2n) is 8.93. The lowest BCUT2D eigenvalue weighted by Gasteiger charge is -2.13. The van der Waals surface area contributed by atoms with Gasteiger partial charge in [0.15, 0.2) is 5.78 Å². The smallest absolute Gasteiger partial charge is 0.304 e. The number of carbonyl (C=O) groups excluding carboxylic acids is 1. The Kier molecular flexibility index (Phi) is 4.85. The van der Waals surface area contributed by atoms with Crippen LogP contribution in [-0.4, -0.2) is 21.4 Å². The highest BCUT2D eigenvalue weighted by Gasteiger charge is 2.35. The van der Waals surface area contributed by atoms with Crippen LogP contribution in [0.3, 0.4) is 0 Å². The molecule has 32 heavy (non-hydrogen) atoms. The largest absolute Gasteiger partial charge is 0.481 e. The molecule has 0 amide bonds. The highest BCUT2D eigenvalue weighted by molar-refractivity contribution is 6.19. The van der Waals surface area contributed by atoms with Gasteiger partial charge in [0.05, 0.1) is 17.5 Å². The molecular formula is C27H24FNO3. The van der Waals surface area contributed by atoms with Crippen LogP contribution in [-0.2, 0) is 11.3 Å². The Labute approximate surface area is 185 Å². The molecule has 162 valence electrons. The maximum atomic E-state index is 14.5. The molecule has 0 bridgehead atoms. The van der Waals surface area contributed by atoms with Gasteiger partial charge in [-0.1, -0.05) is 50.2 Å². The fourth-order valence-electron chi connectivity index (χ4n) is 5.15. The molecule has 0 spiro atoms. The van der Waals surface area contributed by atoms with E-state index in [9.17, 15) is 19.1 Å². The minimum absolute atomic E-state index is 0.0115. The summed E-state index contributed by atoms with van der Waals surface area (Å²) < 4.78 is 16.5. The number of ketones is 1. The van der Waals surface area contributed by atoms with Crippen LogP contribution in [0, 0.1) is 5.82 Å². The lowest BCUT2D eigenvalue weighted by atomic mass is 9.88. The van der Waals surface area contributed by atoms with Gasteiger partial charge in [-0.25, -0.2) is 4.39 Å². The summed E-state index contributed by atoms with van der Waals surface area (Å²) in [4.78, 5) is 25.5. The Morgan fingerprint density at radius 3 is 2.56 bits per heavy atom. The maximum absolute atomic E-state index is 14.5. The summed E-state index contributed by atoms with van der Waals surface area (Å²) >= 11 is 0. The van der Waals surface area contributed by atoms with E-state index >= 15 is 0 Å². The average Bonchev–Trinajstić information content (AvgIpc) is 3.30. The molecule has 3 aromatic carbocycles. The number of benzene rings is 3. The van der Waals surface area contributed by atoms with E-state index in [1.165, 1.54) is 12.1 Å². The molecule has 1 N–H and O–H groups in total. The normalized spacial score (nSPS) is 15.6. The molecule has 1 aliphatic rings. The van der Waals surface area contributed by atoms with Gasteiger partial charge in [-0.05, 0) is 46.9 Å². The van der Waals surface area contributed by atoms with Gasteiger partial charge in [-0.2, -0.15) is 0 Å². The summed E-state index contributed by atoms with van der Waals surface area (Å²) in [5, 5.41) is 12.2. The second kappa shape index (κ2) is 7.59. The van der Waals surface area contributed by atoms with Crippen molar-refractivity contribution in [1.82, 2.24) is 4.57 Å². The van der Waals surface area contributed by atoms with E-state index < -0.39 is 5.97 Å². The van der Waals surface area contributed by atoms with Crippen molar-refractivity contribution >= 4 is 33.4 Å². The average molecular weight is 429 g/mol. The van der Waals surface area contributed by atoms with Crippen LogP contribution in [0.2, 0.25) is 0 Å². The van der Waals surface area contributed by atoms with Gasteiger partial charge < -0.3 is 9.67 Å². The van der Waals surface area contributed by atoms with Gasteiger partial charge in [0.1, 0.15) is 5.82 Å². The summed E-state index contributed by atoms with van der Waals surface area (Å²) in [6, 6.07) is 16.5. The minimum Gasteiger partial charge on any atom is -0.481 e. The fourth-order valence-corrected chi connectivity index (χ4v) is 5.15. The molecule has 5 rings (SSSR count). The van der Waals surface area contributed by atoms with Crippen molar-refractivity contribution in [2.45, 2.75) is 45.1 Å². The van der Waals surface area contributed by atoms with E-state index in [1.807, 2.05) is 60.9 Å². The number of aliphatic carboxylic acids is 1. The van der Waals surface area contributed by atoms with E-state index in [0.717, 1.165) is 27.4 Å². The van der Waals surface area contributed by atoms with Crippen molar-refractivity contribution in [3.05, 3.63) is 82.8 Å². The fraction of sp³-hybridized carbons (Fsp3) is 0.259. The van der Waals surface area contributed by atoms with Crippen molar-refractivity contribution < 1.29 is 19.1 Å². The van der Waals surface area contributed by atoms with Crippen LogP contribution in [0.4, 0.5) is 4.39 Å². The lowest BCUT2D eigenvalue weighted by Crippen LogP contribution is -2.10. The van der Waals surface area contributed by atoms with Crippen molar-refractivity contribution in [1.29, 1.82) is 0 Å². The number of aromatic nitrogens is 1. The van der Waals surface area contributed by atoms with Crippen molar-refractivity contribution in [2.75, 3.05) is 0 Å². The molecule has 0 radical (unpaired) electrons. The first-order valence-corrected chi connectivity index (χ1v) is 11.0. The monoisotopic (exact) mass is 429 g/mol. The number of hydrogen-bond acceptors (Lipinski definition) is 2. The maximum Gasteiger partial charge on any atom is 0.304 e. The molecule has 1 aliphatic heterocycles. The van der Waals surface area contributed by atoms with E-state index in [4.69, 9.17) is 0 Å². The van der Waals surface area contributed by atoms with Gasteiger partial charge in [0.25, 0.3) is 0 Å². The van der Waals surface area contributed by atoms with Crippen molar-refractivity contribution in [3.63, 3.8) is 0 Å². The molecule has 5 heteroatoms. The van der Waals surface area contributed by atoms with Gasteiger partial charge >= 0.3 is 5.97 Å². The molecule has 1 unspecified atom stereocenters. The first-order valence-electron chi connectivity index (χ1n) is 11.0. The molecule has 0 saturated heterocycles. The van der Waals surface area contributed by atoms with E-state index in [0.29, 0.717) is 29.6 Å². The molecule has 1 atom stereocenters. The Balaban J connectivity index is 1.80. The first-order chi connectivity index (χ1) is 15.3. The summed E-state index contributed by atoms with van der Waals surface area (Å²) in [6.07, 6.45) is 0.580. The van der Waals surface area contributed by atoms with Gasteiger partial charge in [-0.15, -0.1) is 0 Å². The van der Waals surface area contributed by atoms with Crippen molar-refractivity contribution in [3.8, 4) is 0 Å². The second-order valence-corrected chi connectivity index (χ2v) is 8.93. The molecule has 0 saturated carbocycles. The third kappa shape index (κ3) is 3.20. The van der Waals surface area contributed by atoms with Crippen LogP contribution < -0.4 is 0 Å². The zero-order chi connectivity index (χ0) is 22.6. The Hall–Kier alpha value is -3.47. The molecule has 0 fully saturated rings. The topological polar surface area (TPSA) is 59.3 Å². The van der Waals surface area contributed by atoms with Crippen LogP contribution in [0.5, 0.6) is 0 Å². The SMILES string of the molecule is CC(C)c1cc(F)cc2c1c(C(=O)c1ccc3ccccc3c1)c1n2CCC1CC(=O)O. The van der Waals surface area contributed by atoms with E-state index in [1.54, 1.807) is 0 Å². The quantitative estimate of drug-likeness (QED) is 0.382. The number of hydrogen-bond donors (Lipinski definition) is 1. The highest BCUT2D eigenvalue weighted by atomic mass is 19.1. The number of carboxylic acids is 1. The number of halogens is 1. The summed E-state index contributed by atoms with van der Waals surface area (Å²) in [7, 11) is 0. The Morgan fingerprint density at radius 1 is 1.09 bits per heavy atom. The number of carboxylic acid groups (broad SMARTS) is 1. The standard InChI is InChI=1S/C27H24FNO3/c1-15(2)21-13-20(28)14-22-24(21)25(26-18(12-23(30)31)9-10-29(22)26)27(32)19-8-7-16-5-3-4-6-17(16)11-19/h3-8,11,13-15,18H,9-10,12H2,1-2H3,(H,30,31). The predicted octanol–water partition coefficient (Wildman–Crippen LogP) is 6.25. The van der Waals surface area contributed by atoms with Crippen LogP contribution in [0.15, 0.2) is 54.6 Å². The zero-order valence-corrected chi connectivity index (χ0v) is 18.1. The zero-order valence-electron chi connectivity index (χ0n) is 18.1. The third-order valence-corrected chi connectivity index (χ3v) is 6.57. The minimum atomic E-state index is -0.895. The molecule has 4 nitrogen and oxygen atoms in total. The summed E-state index contributed by atoms with van der Waals surface area (Å²) in [5.41, 5.74) is 3.27. The lowest BCUT2D eigenvalue weighted by molar-refractivity contribution is -0.137. The number of carbonyl (C=O) groups is 2. The van der Waals surface area contributed by atoms with Crippen molar-refractivity contribution in [2.24, 2.45) is 0 Å². The number of aryl methyl sites for hydroxylation is 1. The highest BCUT2D eigenvalue weighted by Crippen LogP contribution is 2.43. The Bertz CT molecular complexity index is 1400. The summed E-state index contributed by atoms with van der Waals surface area (Å²) in [5.74, 6) is -1.64. The van der Waals surface area contributed by atoms with Gasteiger partial charge in [-0.3, -0.25) is 9.59 Å². The summed E-state index contributed by atoms with van der Waals surface area (Å²) in [6.45, 7) is 4.54. The van der Waals surface area contributed by atoms with E-state index in [-0.39, 0.29) is 29.9 Å². The molecule has 0 aliphatic carbocycles. The third-order valence-electron chi connectivity index (χ3n) is 6.57.